The molecule has 3 heterocycles. The molecule has 0 radical (unpaired) electrons. The first-order valence-electron chi connectivity index (χ1n) is 13.4. The van der Waals surface area contributed by atoms with E-state index in [0.29, 0.717) is 0 Å². The van der Waals surface area contributed by atoms with Gasteiger partial charge in [0.2, 0.25) is 0 Å². The van der Waals surface area contributed by atoms with Gasteiger partial charge >= 0.3 is 0 Å². The predicted octanol–water partition coefficient (Wildman–Crippen LogP) is 6.44. The van der Waals surface area contributed by atoms with Gasteiger partial charge in [0.25, 0.3) is 0 Å². The van der Waals surface area contributed by atoms with E-state index in [1.165, 1.54) is 22.3 Å². The molecule has 0 unspecified atom stereocenters. The SMILES string of the molecule is Cc1cccc(C)c1N1C(=C/C=c2/cccc3c2=NN=C3)N(c2c(C)cccc2C)c2nc3ccccc3nc21. The van der Waals surface area contributed by atoms with E-state index in [2.05, 4.69) is 102 Å². The molecule has 0 bridgehead atoms. The average Bonchev–Trinajstić information content (AvgIpc) is 3.54. The second-order valence-electron chi connectivity index (χ2n) is 10.3. The maximum atomic E-state index is 5.22. The standard InChI is InChI=1S/C34H28N6/c1-21-10-7-11-22(2)31(21)39-29(19-18-25-14-9-15-26-20-35-38-30(25)26)40(32-23(3)12-8-13-24(32)4)34-33(39)36-27-16-5-6-17-28(27)37-34/h5-20H,1-4H3/b25-18-. The van der Waals surface area contributed by atoms with Crippen LogP contribution < -0.4 is 20.4 Å². The lowest BCUT2D eigenvalue weighted by Crippen LogP contribution is -2.27. The normalized spacial score (nSPS) is 14.1. The van der Waals surface area contributed by atoms with Gasteiger partial charge in [-0.1, -0.05) is 66.7 Å². The topological polar surface area (TPSA) is 57.0 Å². The number of allylic oxidation sites excluding steroid dienone is 1. The predicted molar refractivity (Wildman–Crippen MR) is 163 cm³/mol. The quantitative estimate of drug-likeness (QED) is 0.275. The largest absolute Gasteiger partial charge is 0.276 e. The highest BCUT2D eigenvalue weighted by molar-refractivity contribution is 5.95. The minimum Gasteiger partial charge on any atom is -0.276 e. The van der Waals surface area contributed by atoms with Crippen molar-refractivity contribution < 1.29 is 0 Å². The van der Waals surface area contributed by atoms with Crippen LogP contribution in [0.2, 0.25) is 0 Å². The second-order valence-corrected chi connectivity index (χ2v) is 10.3. The second kappa shape index (κ2) is 9.27. The van der Waals surface area contributed by atoms with E-state index in [9.17, 15) is 0 Å². The van der Waals surface area contributed by atoms with E-state index in [0.717, 1.165) is 56.0 Å². The van der Waals surface area contributed by atoms with E-state index in [1.54, 1.807) is 6.21 Å². The molecule has 0 spiro atoms. The summed E-state index contributed by atoms with van der Waals surface area (Å²) in [5, 5.41) is 10.4. The van der Waals surface area contributed by atoms with Gasteiger partial charge in [-0.3, -0.25) is 9.80 Å². The molecule has 1 aromatic heterocycles. The number of nitrogens with zero attached hydrogens (tertiary/aromatic N) is 6. The van der Waals surface area contributed by atoms with Crippen molar-refractivity contribution in [2.45, 2.75) is 27.7 Å². The Balaban J connectivity index is 1.59. The summed E-state index contributed by atoms with van der Waals surface area (Å²) in [6.45, 7) is 8.61. The minimum absolute atomic E-state index is 0.810. The zero-order valence-corrected chi connectivity index (χ0v) is 22.9. The van der Waals surface area contributed by atoms with Crippen molar-refractivity contribution in [1.82, 2.24) is 9.97 Å². The third-order valence-electron chi connectivity index (χ3n) is 7.61. The van der Waals surface area contributed by atoms with Gasteiger partial charge in [-0.2, -0.15) is 5.10 Å². The van der Waals surface area contributed by atoms with Crippen LogP contribution in [-0.4, -0.2) is 16.2 Å². The van der Waals surface area contributed by atoms with E-state index in [1.807, 2.05) is 36.4 Å². The summed E-state index contributed by atoms with van der Waals surface area (Å²) in [5.74, 6) is 2.58. The number of aryl methyl sites for hydroxylation is 4. The zero-order chi connectivity index (χ0) is 27.4. The van der Waals surface area contributed by atoms with Gasteiger partial charge in [0.15, 0.2) is 11.6 Å². The van der Waals surface area contributed by atoms with Crippen molar-refractivity contribution in [1.29, 1.82) is 0 Å². The molecule has 0 saturated heterocycles. The van der Waals surface area contributed by atoms with Crippen molar-refractivity contribution >= 4 is 46.3 Å². The summed E-state index contributed by atoms with van der Waals surface area (Å²) in [5.41, 5.74) is 9.62. The van der Waals surface area contributed by atoms with Crippen molar-refractivity contribution in [3.63, 3.8) is 0 Å². The summed E-state index contributed by atoms with van der Waals surface area (Å²) >= 11 is 0. The molecular weight excluding hydrogens is 492 g/mol. The van der Waals surface area contributed by atoms with Crippen LogP contribution >= 0.6 is 0 Å². The highest BCUT2D eigenvalue weighted by Crippen LogP contribution is 2.50. The van der Waals surface area contributed by atoms with Crippen LogP contribution in [0.3, 0.4) is 0 Å². The highest BCUT2D eigenvalue weighted by atomic mass is 15.5. The fraction of sp³-hybridized carbons (Fsp3) is 0.118. The molecule has 5 aromatic rings. The number of aromatic nitrogens is 2. The first-order valence-corrected chi connectivity index (χ1v) is 13.4. The summed E-state index contributed by atoms with van der Waals surface area (Å²) in [6, 6.07) is 27.0. The zero-order valence-electron chi connectivity index (χ0n) is 22.9. The first-order chi connectivity index (χ1) is 19.5. The van der Waals surface area contributed by atoms with Crippen LogP contribution in [0.25, 0.3) is 17.1 Å². The molecule has 0 saturated carbocycles. The molecule has 2 aliphatic heterocycles. The van der Waals surface area contributed by atoms with Crippen LogP contribution in [0.5, 0.6) is 0 Å². The number of para-hydroxylation sites is 4. The van der Waals surface area contributed by atoms with Gasteiger partial charge in [0, 0.05) is 10.8 Å². The number of hydrogen-bond donors (Lipinski definition) is 0. The van der Waals surface area contributed by atoms with Gasteiger partial charge in [-0.15, -0.1) is 5.10 Å². The summed E-state index contributed by atoms with van der Waals surface area (Å²) in [7, 11) is 0. The molecule has 6 nitrogen and oxygen atoms in total. The molecule has 40 heavy (non-hydrogen) atoms. The molecule has 0 fully saturated rings. The van der Waals surface area contributed by atoms with E-state index in [4.69, 9.17) is 9.97 Å². The Labute approximate surface area is 233 Å². The highest BCUT2D eigenvalue weighted by Gasteiger charge is 2.38. The minimum atomic E-state index is 0.810. The third kappa shape index (κ3) is 3.72. The number of benzene rings is 4. The monoisotopic (exact) mass is 520 g/mol. The van der Waals surface area contributed by atoms with Crippen molar-refractivity contribution in [3.8, 4) is 0 Å². The Kier molecular flexibility index (Phi) is 5.56. The smallest absolute Gasteiger partial charge is 0.183 e. The van der Waals surface area contributed by atoms with E-state index in [-0.39, 0.29) is 0 Å². The van der Waals surface area contributed by atoms with Crippen molar-refractivity contribution in [2.24, 2.45) is 10.2 Å². The molecular formula is C34H28N6. The lowest BCUT2D eigenvalue weighted by Gasteiger charge is -2.28. The third-order valence-corrected chi connectivity index (χ3v) is 7.61. The number of fused-ring (bicyclic) bond motifs is 3. The van der Waals surface area contributed by atoms with Crippen molar-refractivity contribution in [3.05, 3.63) is 129 Å². The Hall–Kier alpha value is -5.10. The molecule has 0 aliphatic carbocycles. The molecule has 0 amide bonds. The van der Waals surface area contributed by atoms with Crippen LogP contribution in [0.15, 0.2) is 101 Å². The molecule has 0 N–H and O–H groups in total. The molecule has 0 atom stereocenters. The maximum absolute atomic E-state index is 5.22. The Bertz CT molecular complexity index is 1880. The van der Waals surface area contributed by atoms with Crippen LogP contribution in [0, 0.1) is 27.7 Å². The average molecular weight is 521 g/mol. The first kappa shape index (κ1) is 24.0. The molecule has 4 aromatic carbocycles. The number of rotatable bonds is 3. The summed E-state index contributed by atoms with van der Waals surface area (Å²) < 4.78 is 0. The van der Waals surface area contributed by atoms with Gasteiger partial charge in [0.1, 0.15) is 11.2 Å². The fourth-order valence-corrected chi connectivity index (χ4v) is 5.75. The van der Waals surface area contributed by atoms with Gasteiger partial charge in [-0.05, 0) is 74.2 Å². The van der Waals surface area contributed by atoms with E-state index >= 15 is 0 Å². The van der Waals surface area contributed by atoms with Crippen molar-refractivity contribution in [2.75, 3.05) is 9.80 Å². The number of anilines is 4. The summed E-state index contributed by atoms with van der Waals surface area (Å²) in [4.78, 5) is 15.0. The van der Waals surface area contributed by atoms with Crippen LogP contribution in [0.4, 0.5) is 23.0 Å². The summed E-state index contributed by atoms with van der Waals surface area (Å²) in [6.07, 6.45) is 6.09. The molecule has 2 aliphatic rings. The van der Waals surface area contributed by atoms with Gasteiger partial charge < -0.3 is 0 Å². The maximum Gasteiger partial charge on any atom is 0.183 e. The van der Waals surface area contributed by atoms with E-state index < -0.39 is 0 Å². The molecule has 194 valence electrons. The Morgan fingerprint density at radius 1 is 0.575 bits per heavy atom. The Morgan fingerprint density at radius 2 is 1.10 bits per heavy atom. The van der Waals surface area contributed by atoms with Gasteiger partial charge in [0.05, 0.1) is 28.6 Å². The molecule has 7 rings (SSSR count). The Morgan fingerprint density at radius 3 is 1.65 bits per heavy atom. The van der Waals surface area contributed by atoms with Gasteiger partial charge in [-0.25, -0.2) is 9.97 Å². The molecule has 6 heteroatoms. The fourth-order valence-electron chi connectivity index (χ4n) is 5.75. The number of hydrogen-bond acceptors (Lipinski definition) is 6. The van der Waals surface area contributed by atoms with Crippen LogP contribution in [0.1, 0.15) is 27.8 Å². The lowest BCUT2D eigenvalue weighted by atomic mass is 10.1. The van der Waals surface area contributed by atoms with Crippen LogP contribution in [-0.2, 0) is 0 Å². The lowest BCUT2D eigenvalue weighted by molar-refractivity contribution is 1.08.